The third-order valence-electron chi connectivity index (χ3n) is 8.45. The highest BCUT2D eigenvalue weighted by atomic mass is 32.1. The molecule has 0 N–H and O–H groups in total. The van der Waals surface area contributed by atoms with Gasteiger partial charge in [0.1, 0.15) is 41.2 Å². The van der Waals surface area contributed by atoms with Gasteiger partial charge in [0.15, 0.2) is 0 Å². The molecule has 0 bridgehead atoms. The third kappa shape index (κ3) is 5.15. The molecule has 0 saturated carbocycles. The molecule has 1 atom stereocenters. The van der Waals surface area contributed by atoms with Gasteiger partial charge in [0.2, 0.25) is 5.91 Å². The average Bonchev–Trinajstić information content (AvgIpc) is 3.77. The van der Waals surface area contributed by atoms with Crippen LogP contribution < -0.4 is 4.74 Å². The van der Waals surface area contributed by atoms with E-state index in [-0.39, 0.29) is 53.1 Å². The Hall–Kier alpha value is -5.01. The van der Waals surface area contributed by atoms with E-state index in [1.165, 1.54) is 18.6 Å². The summed E-state index contributed by atoms with van der Waals surface area (Å²) in [4.78, 5) is 23.9. The fourth-order valence-corrected chi connectivity index (χ4v) is 7.08. The van der Waals surface area contributed by atoms with Gasteiger partial charge in [-0.1, -0.05) is 6.58 Å². The molecule has 9 nitrogen and oxygen atoms in total. The van der Waals surface area contributed by atoms with Crippen molar-refractivity contribution < 1.29 is 27.4 Å². The molecule has 47 heavy (non-hydrogen) atoms. The molecule has 5 aromatic heterocycles. The number of amides is 1. The third-order valence-corrected chi connectivity index (χ3v) is 9.41. The molecule has 1 amide bonds. The maximum absolute atomic E-state index is 16.1. The quantitative estimate of drug-likeness (QED) is 0.131. The van der Waals surface area contributed by atoms with E-state index < -0.39 is 17.5 Å². The number of halogens is 3. The van der Waals surface area contributed by atoms with E-state index >= 15 is 8.78 Å². The van der Waals surface area contributed by atoms with Crippen molar-refractivity contribution in [1.82, 2.24) is 29.2 Å². The van der Waals surface area contributed by atoms with Gasteiger partial charge in [-0.15, -0.1) is 11.3 Å². The number of aryl methyl sites for hydroxylation is 1. The van der Waals surface area contributed by atoms with Gasteiger partial charge in [-0.05, 0) is 31.2 Å². The second-order valence-corrected chi connectivity index (χ2v) is 12.1. The largest absolute Gasteiger partial charge is 0.490 e. The summed E-state index contributed by atoms with van der Waals surface area (Å²) in [6.07, 6.45) is 4.83. The summed E-state index contributed by atoms with van der Waals surface area (Å²) in [5.41, 5.74) is 3.78. The molecule has 0 unspecified atom stereocenters. The maximum atomic E-state index is 16.1. The number of methoxy groups -OCH3 is 1. The van der Waals surface area contributed by atoms with Gasteiger partial charge >= 0.3 is 0 Å². The lowest BCUT2D eigenvalue weighted by atomic mass is 9.95. The first kappa shape index (κ1) is 30.6. The molecule has 6 heterocycles. The highest BCUT2D eigenvalue weighted by molar-refractivity contribution is 7.17. The minimum Gasteiger partial charge on any atom is -0.490 e. The molecule has 0 saturated heterocycles. The summed E-state index contributed by atoms with van der Waals surface area (Å²) < 4.78 is 61.8. The monoisotopic (exact) mass is 658 g/mol. The highest BCUT2D eigenvalue weighted by Crippen LogP contribution is 2.48. The Balaban J connectivity index is 1.54. The number of carbonyl (C=O) groups excluding carboxylic acids is 1. The van der Waals surface area contributed by atoms with Crippen molar-refractivity contribution in [1.29, 1.82) is 0 Å². The van der Waals surface area contributed by atoms with Gasteiger partial charge in [-0.3, -0.25) is 14.5 Å². The highest BCUT2D eigenvalue weighted by Gasteiger charge is 2.32. The summed E-state index contributed by atoms with van der Waals surface area (Å²) in [5, 5.41) is 6.26. The number of ether oxygens (including phenoxy) is 2. The summed E-state index contributed by atoms with van der Waals surface area (Å²) in [7, 11) is 3.38. The van der Waals surface area contributed by atoms with E-state index in [0.717, 1.165) is 34.5 Å². The average molecular weight is 659 g/mol. The lowest BCUT2D eigenvalue weighted by Gasteiger charge is -2.33. The Labute approximate surface area is 271 Å². The molecule has 7 rings (SSSR count). The predicted molar refractivity (Wildman–Crippen MR) is 174 cm³/mol. The lowest BCUT2D eigenvalue weighted by molar-refractivity contribution is -0.129. The second kappa shape index (κ2) is 12.0. The van der Waals surface area contributed by atoms with Crippen molar-refractivity contribution in [2.24, 2.45) is 7.05 Å². The van der Waals surface area contributed by atoms with Crippen LogP contribution in [0.2, 0.25) is 0 Å². The first-order valence-electron chi connectivity index (χ1n) is 14.8. The van der Waals surface area contributed by atoms with Crippen LogP contribution in [0.4, 0.5) is 13.2 Å². The van der Waals surface area contributed by atoms with Crippen LogP contribution >= 0.6 is 11.3 Å². The van der Waals surface area contributed by atoms with Gasteiger partial charge in [0.05, 0.1) is 51.9 Å². The standard InChI is InChI=1S/C34H29F3N6O3S/c1-5-28(44)42-8-9-43-25(18(42)2)15-24(40-43)33-31(29-21(36)13-20(35)14-27(29)46-11-10-45-4)30-22(37)17-47-34(30)32(39-33)19-12-26-23(38-16-19)6-7-41(26)3/h5-7,12-18H,1,8-11H2,2-4H3/t18-/m1/s1. The zero-order valence-electron chi connectivity index (χ0n) is 25.8. The summed E-state index contributed by atoms with van der Waals surface area (Å²) in [6.45, 7) is 6.43. The molecule has 1 aromatic carbocycles. The summed E-state index contributed by atoms with van der Waals surface area (Å²) in [6, 6.07) is 7.01. The Morgan fingerprint density at radius 1 is 1.11 bits per heavy atom. The van der Waals surface area contributed by atoms with E-state index in [4.69, 9.17) is 19.6 Å². The zero-order valence-corrected chi connectivity index (χ0v) is 26.6. The molecule has 0 radical (unpaired) electrons. The topological polar surface area (TPSA) is 87.3 Å². The van der Waals surface area contributed by atoms with Gasteiger partial charge in [-0.25, -0.2) is 18.2 Å². The number of nitrogens with zero attached hydrogens (tertiary/aromatic N) is 6. The van der Waals surface area contributed by atoms with E-state index in [1.54, 1.807) is 21.8 Å². The van der Waals surface area contributed by atoms with Gasteiger partial charge < -0.3 is 18.9 Å². The Bertz CT molecular complexity index is 2210. The number of pyridine rings is 2. The Morgan fingerprint density at radius 2 is 1.94 bits per heavy atom. The molecule has 6 aromatic rings. The molecule has 0 fully saturated rings. The van der Waals surface area contributed by atoms with Crippen LogP contribution in [0.5, 0.6) is 5.75 Å². The minimum atomic E-state index is -0.952. The molecule has 1 aliphatic heterocycles. The lowest BCUT2D eigenvalue weighted by Crippen LogP contribution is -2.40. The molecule has 0 spiro atoms. The number of hydrogen-bond acceptors (Lipinski definition) is 7. The van der Waals surface area contributed by atoms with Gasteiger partial charge in [0.25, 0.3) is 0 Å². The van der Waals surface area contributed by atoms with Gasteiger partial charge in [-0.2, -0.15) is 5.10 Å². The van der Waals surface area contributed by atoms with Crippen molar-refractivity contribution in [2.75, 3.05) is 26.9 Å². The van der Waals surface area contributed by atoms with E-state index in [0.29, 0.717) is 40.4 Å². The van der Waals surface area contributed by atoms with E-state index in [9.17, 15) is 9.18 Å². The molecular formula is C34H29F3N6O3S. The van der Waals surface area contributed by atoms with E-state index in [1.807, 2.05) is 36.9 Å². The fraction of sp³-hybridized carbons (Fsp3) is 0.235. The van der Waals surface area contributed by atoms with Crippen LogP contribution in [-0.2, 0) is 23.1 Å². The number of carbonyl (C=O) groups is 1. The SMILES string of the molecule is C=CC(=O)N1CCn2nc(-c3nc(-c4cnc5ccn(C)c5c4)c4scc(F)c4c3-c3c(F)cc(F)cc3OCCOC)cc2[C@H]1C. The molecule has 240 valence electrons. The van der Waals surface area contributed by atoms with Crippen LogP contribution in [-0.4, -0.2) is 62.0 Å². The van der Waals surface area contributed by atoms with Gasteiger partial charge in [0, 0.05) is 67.1 Å². The van der Waals surface area contributed by atoms with Crippen LogP contribution in [0.25, 0.3) is 54.9 Å². The first-order chi connectivity index (χ1) is 22.7. The number of fused-ring (bicyclic) bond motifs is 3. The van der Waals surface area contributed by atoms with Crippen LogP contribution in [0.3, 0.4) is 0 Å². The molecule has 13 heteroatoms. The fourth-order valence-electron chi connectivity index (χ4n) is 6.15. The molecular weight excluding hydrogens is 629 g/mol. The summed E-state index contributed by atoms with van der Waals surface area (Å²) >= 11 is 1.12. The van der Waals surface area contributed by atoms with Crippen molar-refractivity contribution >= 4 is 38.4 Å². The van der Waals surface area contributed by atoms with E-state index in [2.05, 4.69) is 11.6 Å². The Morgan fingerprint density at radius 3 is 2.72 bits per heavy atom. The van der Waals surface area contributed by atoms with Crippen molar-refractivity contribution in [3.63, 3.8) is 0 Å². The Kier molecular flexibility index (Phi) is 7.80. The second-order valence-electron chi connectivity index (χ2n) is 11.2. The minimum absolute atomic E-state index is 0.00565. The number of aromatic nitrogens is 5. The van der Waals surface area contributed by atoms with Crippen LogP contribution in [0.15, 0.2) is 60.8 Å². The number of hydrogen-bond donors (Lipinski definition) is 0. The first-order valence-corrected chi connectivity index (χ1v) is 15.7. The smallest absolute Gasteiger partial charge is 0.246 e. The number of benzene rings is 1. The van der Waals surface area contributed by atoms with Crippen LogP contribution in [0, 0.1) is 17.5 Å². The maximum Gasteiger partial charge on any atom is 0.246 e. The number of rotatable bonds is 8. The number of thiophene rings is 1. The normalized spacial score (nSPS) is 14.6. The van der Waals surface area contributed by atoms with Crippen molar-refractivity contribution in [3.05, 3.63) is 83.9 Å². The zero-order chi connectivity index (χ0) is 33.0. The summed E-state index contributed by atoms with van der Waals surface area (Å²) in [5.74, 6) is -2.76. The van der Waals surface area contributed by atoms with Crippen molar-refractivity contribution in [3.8, 4) is 39.5 Å². The molecule has 0 aliphatic carbocycles. The molecule has 1 aliphatic rings. The predicted octanol–water partition coefficient (Wildman–Crippen LogP) is 6.91. The van der Waals surface area contributed by atoms with Crippen molar-refractivity contribution in [2.45, 2.75) is 19.5 Å². The van der Waals surface area contributed by atoms with Crippen LogP contribution in [0.1, 0.15) is 18.7 Å².